The summed E-state index contributed by atoms with van der Waals surface area (Å²) in [6.45, 7) is 2.29. The summed E-state index contributed by atoms with van der Waals surface area (Å²) >= 11 is 0. The van der Waals surface area contributed by atoms with Gasteiger partial charge in [0.2, 0.25) is 0 Å². The highest BCUT2D eigenvalue weighted by molar-refractivity contribution is 5.55. The number of hydrogen-bond donors (Lipinski definition) is 0. The van der Waals surface area contributed by atoms with Crippen LogP contribution in [0.3, 0.4) is 0 Å². The van der Waals surface area contributed by atoms with Gasteiger partial charge in [0.1, 0.15) is 0 Å². The van der Waals surface area contributed by atoms with Crippen molar-refractivity contribution >= 4 is 0 Å². The molecule has 1 fully saturated rings. The first-order valence-corrected chi connectivity index (χ1v) is 5.33. The van der Waals surface area contributed by atoms with Gasteiger partial charge in [0.05, 0.1) is 0 Å². The fourth-order valence-electron chi connectivity index (χ4n) is 3.06. The second kappa shape index (κ2) is 2.25. The molecule has 3 aliphatic rings. The molecule has 1 saturated carbocycles. The van der Waals surface area contributed by atoms with Crippen molar-refractivity contribution in [1.82, 2.24) is 0 Å². The Morgan fingerprint density at radius 3 is 3.00 bits per heavy atom. The minimum atomic E-state index is 0.976. The van der Waals surface area contributed by atoms with E-state index in [0.717, 1.165) is 11.8 Å². The van der Waals surface area contributed by atoms with Gasteiger partial charge in [-0.3, -0.25) is 0 Å². The van der Waals surface area contributed by atoms with Crippen molar-refractivity contribution < 1.29 is 0 Å². The third kappa shape index (κ3) is 0.688. The van der Waals surface area contributed by atoms with E-state index in [1.54, 1.807) is 11.1 Å². The quantitative estimate of drug-likeness (QED) is 0.580. The van der Waals surface area contributed by atoms with Crippen molar-refractivity contribution in [2.45, 2.75) is 39.0 Å². The minimum absolute atomic E-state index is 0.976. The summed E-state index contributed by atoms with van der Waals surface area (Å²) in [5.41, 5.74) is 5.34. The highest BCUT2D eigenvalue weighted by atomic mass is 14.5. The first kappa shape index (κ1) is 6.94. The molecular formula is C12H16. The maximum Gasteiger partial charge on any atom is -0.00613 e. The third-order valence-corrected chi connectivity index (χ3v) is 3.80. The van der Waals surface area contributed by atoms with Crippen molar-refractivity contribution in [3.05, 3.63) is 22.8 Å². The summed E-state index contributed by atoms with van der Waals surface area (Å²) in [4.78, 5) is 0. The zero-order chi connectivity index (χ0) is 8.13. The van der Waals surface area contributed by atoms with Crippen LogP contribution in [-0.4, -0.2) is 0 Å². The number of fused-ring (bicyclic) bond motifs is 3. The Balaban J connectivity index is 1.90. The minimum Gasteiger partial charge on any atom is -0.0770 e. The molecule has 0 amide bonds. The highest BCUT2D eigenvalue weighted by Crippen LogP contribution is 2.57. The number of rotatable bonds is 2. The molecule has 0 aromatic carbocycles. The molecule has 0 aliphatic heterocycles. The molecule has 0 saturated heterocycles. The zero-order valence-corrected chi connectivity index (χ0v) is 7.77. The average Bonchev–Trinajstić information content (AvgIpc) is 2.20. The van der Waals surface area contributed by atoms with E-state index in [1.807, 2.05) is 5.57 Å². The lowest BCUT2D eigenvalue weighted by molar-refractivity contribution is 0.285. The van der Waals surface area contributed by atoms with E-state index in [4.69, 9.17) is 0 Å². The van der Waals surface area contributed by atoms with Crippen molar-refractivity contribution in [2.75, 3.05) is 0 Å². The molecule has 2 unspecified atom stereocenters. The highest BCUT2D eigenvalue weighted by Gasteiger charge is 2.43. The molecule has 0 heteroatoms. The fraction of sp³-hybridized carbons (Fsp3) is 0.667. The molecule has 0 aromatic heterocycles. The molecule has 2 atom stereocenters. The normalized spacial score (nSPS) is 36.6. The summed E-state index contributed by atoms with van der Waals surface area (Å²) in [6.07, 6.45) is 9.56. The maximum atomic E-state index is 2.56. The lowest BCUT2D eigenvalue weighted by Crippen LogP contribution is -2.24. The molecule has 0 aromatic rings. The molecule has 64 valence electrons. The Morgan fingerprint density at radius 1 is 1.42 bits per heavy atom. The van der Waals surface area contributed by atoms with E-state index in [9.17, 15) is 0 Å². The van der Waals surface area contributed by atoms with Gasteiger partial charge in [-0.15, -0.1) is 0 Å². The van der Waals surface area contributed by atoms with E-state index in [2.05, 4.69) is 13.0 Å². The molecule has 12 heavy (non-hydrogen) atoms. The van der Waals surface area contributed by atoms with E-state index in [1.165, 1.54) is 32.1 Å². The van der Waals surface area contributed by atoms with E-state index >= 15 is 0 Å². The monoisotopic (exact) mass is 160 g/mol. The van der Waals surface area contributed by atoms with E-state index in [0.29, 0.717) is 0 Å². The van der Waals surface area contributed by atoms with Crippen LogP contribution in [0.5, 0.6) is 0 Å². The standard InChI is InChI=1S/C12H16/c1-2-3-9-7-10-6-8-4-5-11(8)12(9)10/h6,8,11H,2-5,7H2,1H3. The van der Waals surface area contributed by atoms with Crippen LogP contribution in [-0.2, 0) is 0 Å². The lowest BCUT2D eigenvalue weighted by atomic mass is 9.69. The van der Waals surface area contributed by atoms with Crippen LogP contribution in [0.15, 0.2) is 22.8 Å². The summed E-state index contributed by atoms with van der Waals surface area (Å²) in [7, 11) is 0. The van der Waals surface area contributed by atoms with Crippen LogP contribution in [0.2, 0.25) is 0 Å². The molecule has 0 spiro atoms. The van der Waals surface area contributed by atoms with Gasteiger partial charge >= 0.3 is 0 Å². The fourth-order valence-corrected chi connectivity index (χ4v) is 3.06. The van der Waals surface area contributed by atoms with Crippen molar-refractivity contribution in [3.8, 4) is 0 Å². The predicted molar refractivity (Wildman–Crippen MR) is 50.8 cm³/mol. The topological polar surface area (TPSA) is 0 Å². The van der Waals surface area contributed by atoms with Gasteiger partial charge < -0.3 is 0 Å². The van der Waals surface area contributed by atoms with Crippen molar-refractivity contribution in [1.29, 1.82) is 0 Å². The van der Waals surface area contributed by atoms with Gasteiger partial charge in [0.25, 0.3) is 0 Å². The molecule has 3 aliphatic carbocycles. The molecule has 0 bridgehead atoms. The van der Waals surface area contributed by atoms with Crippen LogP contribution in [0.1, 0.15) is 39.0 Å². The number of allylic oxidation sites excluding steroid dienone is 4. The van der Waals surface area contributed by atoms with E-state index in [-0.39, 0.29) is 0 Å². The van der Waals surface area contributed by atoms with Gasteiger partial charge in [-0.25, -0.2) is 0 Å². The zero-order valence-electron chi connectivity index (χ0n) is 7.77. The predicted octanol–water partition coefficient (Wildman–Crippen LogP) is 3.45. The molecule has 3 rings (SSSR count). The Bertz CT molecular complexity index is 280. The Kier molecular flexibility index (Phi) is 1.30. The lowest BCUT2D eigenvalue weighted by Gasteiger charge is -2.35. The van der Waals surface area contributed by atoms with Crippen LogP contribution in [0.25, 0.3) is 0 Å². The molecule has 0 N–H and O–H groups in total. The third-order valence-electron chi connectivity index (χ3n) is 3.80. The van der Waals surface area contributed by atoms with Crippen LogP contribution in [0.4, 0.5) is 0 Å². The molecule has 0 nitrogen and oxygen atoms in total. The van der Waals surface area contributed by atoms with Gasteiger partial charge in [0, 0.05) is 0 Å². The summed E-state index contributed by atoms with van der Waals surface area (Å²) < 4.78 is 0. The van der Waals surface area contributed by atoms with Crippen molar-refractivity contribution in [2.24, 2.45) is 11.8 Å². The summed E-state index contributed by atoms with van der Waals surface area (Å²) in [5.74, 6) is 1.97. The second-order valence-corrected chi connectivity index (χ2v) is 4.48. The Morgan fingerprint density at radius 2 is 2.33 bits per heavy atom. The van der Waals surface area contributed by atoms with Crippen LogP contribution >= 0.6 is 0 Å². The van der Waals surface area contributed by atoms with Gasteiger partial charge in [-0.05, 0) is 48.7 Å². The number of hydrogen-bond acceptors (Lipinski definition) is 0. The largest absolute Gasteiger partial charge is 0.0770 e. The first-order valence-electron chi connectivity index (χ1n) is 5.33. The summed E-state index contributed by atoms with van der Waals surface area (Å²) in [6, 6.07) is 0. The molecular weight excluding hydrogens is 144 g/mol. The average molecular weight is 160 g/mol. The smallest absolute Gasteiger partial charge is 0.00613 e. The molecule has 0 radical (unpaired) electrons. The summed E-state index contributed by atoms with van der Waals surface area (Å²) in [5, 5.41) is 0. The van der Waals surface area contributed by atoms with Gasteiger partial charge in [-0.1, -0.05) is 25.0 Å². The van der Waals surface area contributed by atoms with Gasteiger partial charge in [-0.2, -0.15) is 0 Å². The Labute approximate surface area is 74.4 Å². The van der Waals surface area contributed by atoms with Crippen LogP contribution < -0.4 is 0 Å². The van der Waals surface area contributed by atoms with E-state index < -0.39 is 0 Å². The maximum absolute atomic E-state index is 2.56. The van der Waals surface area contributed by atoms with Gasteiger partial charge in [0.15, 0.2) is 0 Å². The molecule has 0 heterocycles. The second-order valence-electron chi connectivity index (χ2n) is 4.48. The first-order chi connectivity index (χ1) is 5.90. The van der Waals surface area contributed by atoms with Crippen LogP contribution in [0, 0.1) is 11.8 Å². The van der Waals surface area contributed by atoms with Crippen molar-refractivity contribution in [3.63, 3.8) is 0 Å². The Hall–Kier alpha value is -0.520. The SMILES string of the molecule is CCCC1=C2C(=CC3CCC23)C1.